The van der Waals surface area contributed by atoms with Gasteiger partial charge in [-0.1, -0.05) is 17.7 Å². The van der Waals surface area contributed by atoms with E-state index in [0.29, 0.717) is 17.8 Å². The van der Waals surface area contributed by atoms with Crippen LogP contribution in [0.3, 0.4) is 0 Å². The number of hydrogen-bond donors (Lipinski definition) is 1. The van der Waals surface area contributed by atoms with E-state index in [1.807, 2.05) is 47.5 Å². The van der Waals surface area contributed by atoms with Gasteiger partial charge in [0.05, 0.1) is 17.6 Å². The predicted octanol–water partition coefficient (Wildman–Crippen LogP) is 5.12. The summed E-state index contributed by atoms with van der Waals surface area (Å²) in [5.74, 6) is 0.156. The van der Waals surface area contributed by atoms with Crippen LogP contribution < -0.4 is 10.6 Å². The maximum atomic E-state index is 13.0. The van der Waals surface area contributed by atoms with Crippen LogP contribution in [0.2, 0.25) is 0 Å². The Bertz CT molecular complexity index is 1030. The number of benzene rings is 1. The average Bonchev–Trinajstić information content (AvgIpc) is 3.08. The third-order valence-electron chi connectivity index (χ3n) is 5.08. The summed E-state index contributed by atoms with van der Waals surface area (Å²) in [7, 11) is 0. The van der Waals surface area contributed by atoms with Crippen molar-refractivity contribution in [2.24, 2.45) is 5.73 Å². The van der Waals surface area contributed by atoms with Crippen LogP contribution in [0.4, 0.5) is 5.69 Å². The number of nitrogens with zero attached hydrogens (tertiary/aromatic N) is 2. The Labute approximate surface area is 170 Å². The van der Waals surface area contributed by atoms with Crippen molar-refractivity contribution in [3.63, 3.8) is 0 Å². The summed E-state index contributed by atoms with van der Waals surface area (Å²) in [4.78, 5) is 15.8. The van der Waals surface area contributed by atoms with E-state index in [1.165, 1.54) is 0 Å². The molecule has 1 aliphatic carbocycles. The topological polar surface area (TPSA) is 70.1 Å². The number of thiophene rings is 1. The molecule has 0 bridgehead atoms. The third kappa shape index (κ3) is 3.01. The molecule has 0 spiro atoms. The second-order valence-corrected chi connectivity index (χ2v) is 8.68. The minimum Gasteiger partial charge on any atom is -0.384 e. The molecular formula is C21H18BrN3OS. The molecule has 4 nitrogen and oxygen atoms in total. The Morgan fingerprint density at radius 1 is 1.30 bits per heavy atom. The maximum Gasteiger partial charge on any atom is 0.161 e. The Balaban J connectivity index is 1.96. The lowest BCUT2D eigenvalue weighted by Gasteiger charge is -2.39. The highest BCUT2D eigenvalue weighted by atomic mass is 79.9. The zero-order valence-electron chi connectivity index (χ0n) is 14.8. The first-order valence-corrected chi connectivity index (χ1v) is 10.4. The molecule has 4 rings (SSSR count). The molecule has 0 radical (unpaired) electrons. The Morgan fingerprint density at radius 2 is 2.04 bits per heavy atom. The lowest BCUT2D eigenvalue weighted by atomic mass is 9.78. The van der Waals surface area contributed by atoms with Gasteiger partial charge in [0.15, 0.2) is 5.78 Å². The van der Waals surface area contributed by atoms with Gasteiger partial charge in [-0.05, 0) is 53.9 Å². The highest BCUT2D eigenvalue weighted by Crippen LogP contribution is 2.47. The molecule has 2 heterocycles. The molecule has 1 aromatic carbocycles. The SMILES string of the molecule is Cc1ccc(N2C(N)=C(C#N)[C@H](c3cc(Br)cs3)C3=C2CCCC3=O)cc1. The molecule has 0 saturated heterocycles. The highest BCUT2D eigenvalue weighted by Gasteiger charge is 2.40. The van der Waals surface area contributed by atoms with Crippen molar-refractivity contribution in [2.75, 3.05) is 4.90 Å². The van der Waals surface area contributed by atoms with Gasteiger partial charge in [-0.25, -0.2) is 0 Å². The van der Waals surface area contributed by atoms with E-state index in [9.17, 15) is 10.1 Å². The van der Waals surface area contributed by atoms with Crippen molar-refractivity contribution in [1.29, 1.82) is 5.26 Å². The molecule has 1 atom stereocenters. The summed E-state index contributed by atoms with van der Waals surface area (Å²) in [5, 5.41) is 11.9. The van der Waals surface area contributed by atoms with E-state index in [1.54, 1.807) is 11.3 Å². The average molecular weight is 440 g/mol. The molecule has 136 valence electrons. The molecule has 27 heavy (non-hydrogen) atoms. The fourth-order valence-electron chi connectivity index (χ4n) is 3.84. The molecule has 2 aliphatic rings. The first-order chi connectivity index (χ1) is 13.0. The minimum atomic E-state index is -0.379. The van der Waals surface area contributed by atoms with Crippen LogP contribution in [0.1, 0.15) is 35.6 Å². The number of nitriles is 1. The van der Waals surface area contributed by atoms with E-state index in [-0.39, 0.29) is 11.7 Å². The third-order valence-corrected chi connectivity index (χ3v) is 6.84. The van der Waals surface area contributed by atoms with Gasteiger partial charge in [0.1, 0.15) is 5.82 Å². The van der Waals surface area contributed by atoms with E-state index in [0.717, 1.165) is 44.7 Å². The lowest BCUT2D eigenvalue weighted by molar-refractivity contribution is -0.116. The lowest BCUT2D eigenvalue weighted by Crippen LogP contribution is -2.38. The summed E-state index contributed by atoms with van der Waals surface area (Å²) in [5.41, 5.74) is 10.7. The van der Waals surface area contributed by atoms with Gasteiger partial charge >= 0.3 is 0 Å². The van der Waals surface area contributed by atoms with Crippen LogP contribution in [-0.2, 0) is 4.79 Å². The second-order valence-electron chi connectivity index (χ2n) is 6.82. The largest absolute Gasteiger partial charge is 0.384 e. The number of nitrogens with two attached hydrogens (primary N) is 1. The summed E-state index contributed by atoms with van der Waals surface area (Å²) in [6.07, 6.45) is 2.09. The van der Waals surface area contributed by atoms with Gasteiger partial charge in [-0.3, -0.25) is 9.69 Å². The van der Waals surface area contributed by atoms with Crippen LogP contribution in [-0.4, -0.2) is 5.78 Å². The molecule has 1 aliphatic heterocycles. The monoisotopic (exact) mass is 439 g/mol. The number of allylic oxidation sites excluding steroid dienone is 3. The standard InChI is InChI=1S/C21H18BrN3OS/c1-12-5-7-14(8-6-12)25-16-3-2-4-17(26)20(16)19(15(10-23)21(25)24)18-9-13(22)11-27-18/h5-9,11,19H,2-4,24H2,1H3/t19-/m1/s1. The van der Waals surface area contributed by atoms with Crippen LogP contribution in [0.5, 0.6) is 0 Å². The molecular weight excluding hydrogens is 422 g/mol. The number of anilines is 1. The number of ketones is 1. The summed E-state index contributed by atoms with van der Waals surface area (Å²) in [6, 6.07) is 12.3. The number of Topliss-reactive ketones (excluding diaryl/α,β-unsaturated/α-hetero) is 1. The zero-order valence-corrected chi connectivity index (χ0v) is 17.2. The number of halogens is 1. The van der Waals surface area contributed by atoms with Crippen LogP contribution in [0.15, 0.2) is 62.8 Å². The van der Waals surface area contributed by atoms with Gasteiger partial charge in [0.25, 0.3) is 0 Å². The zero-order chi connectivity index (χ0) is 19.1. The van der Waals surface area contributed by atoms with E-state index >= 15 is 0 Å². The number of hydrogen-bond acceptors (Lipinski definition) is 5. The van der Waals surface area contributed by atoms with Gasteiger partial charge in [-0.2, -0.15) is 5.26 Å². The minimum absolute atomic E-state index is 0.114. The summed E-state index contributed by atoms with van der Waals surface area (Å²) >= 11 is 5.02. The summed E-state index contributed by atoms with van der Waals surface area (Å²) < 4.78 is 0.949. The Kier molecular flexibility index (Phi) is 4.67. The number of rotatable bonds is 2. The van der Waals surface area contributed by atoms with Gasteiger partial charge in [0, 0.05) is 38.1 Å². The fraction of sp³-hybridized carbons (Fsp3) is 0.238. The second kappa shape index (κ2) is 6.99. The molecule has 2 aromatic rings. The van der Waals surface area contributed by atoms with Crippen LogP contribution >= 0.6 is 27.3 Å². The van der Waals surface area contributed by atoms with Crippen molar-refractivity contribution in [3.05, 3.63) is 73.3 Å². The normalized spacial score (nSPS) is 20.0. The molecule has 0 saturated carbocycles. The van der Waals surface area contributed by atoms with Crippen molar-refractivity contribution < 1.29 is 4.79 Å². The Hall–Kier alpha value is -2.36. The van der Waals surface area contributed by atoms with Gasteiger partial charge < -0.3 is 5.73 Å². The van der Waals surface area contributed by atoms with Crippen LogP contribution in [0, 0.1) is 18.3 Å². The highest BCUT2D eigenvalue weighted by molar-refractivity contribution is 9.10. The molecule has 1 aromatic heterocycles. The molecule has 0 fully saturated rings. The predicted molar refractivity (Wildman–Crippen MR) is 111 cm³/mol. The number of aryl methyl sites for hydroxylation is 1. The number of carbonyl (C=O) groups excluding carboxylic acids is 1. The molecule has 0 amide bonds. The number of carbonyl (C=O) groups is 1. The fourth-order valence-corrected chi connectivity index (χ4v) is 5.40. The van der Waals surface area contributed by atoms with E-state index in [4.69, 9.17) is 5.73 Å². The van der Waals surface area contributed by atoms with Gasteiger partial charge in [0.2, 0.25) is 0 Å². The molecule has 0 unspecified atom stereocenters. The summed E-state index contributed by atoms with van der Waals surface area (Å²) in [6.45, 7) is 2.03. The molecule has 2 N–H and O–H groups in total. The Morgan fingerprint density at radius 3 is 2.67 bits per heavy atom. The van der Waals surface area contributed by atoms with Gasteiger partial charge in [-0.15, -0.1) is 11.3 Å². The van der Waals surface area contributed by atoms with Crippen molar-refractivity contribution in [3.8, 4) is 6.07 Å². The van der Waals surface area contributed by atoms with Crippen LogP contribution in [0.25, 0.3) is 0 Å². The molecule has 6 heteroatoms. The van der Waals surface area contributed by atoms with E-state index in [2.05, 4.69) is 22.0 Å². The van der Waals surface area contributed by atoms with Crippen molar-refractivity contribution >= 4 is 38.7 Å². The maximum absolute atomic E-state index is 13.0. The first kappa shape index (κ1) is 18.0. The van der Waals surface area contributed by atoms with E-state index < -0.39 is 0 Å². The smallest absolute Gasteiger partial charge is 0.161 e. The van der Waals surface area contributed by atoms with Crippen molar-refractivity contribution in [1.82, 2.24) is 0 Å². The van der Waals surface area contributed by atoms with Crippen molar-refractivity contribution in [2.45, 2.75) is 32.1 Å². The quantitative estimate of drug-likeness (QED) is 0.704. The first-order valence-electron chi connectivity index (χ1n) is 8.78.